The Bertz CT molecular complexity index is 478. The molecule has 2 amide bonds. The van der Waals surface area contributed by atoms with Crippen LogP contribution in [0.2, 0.25) is 0 Å². The van der Waals surface area contributed by atoms with Gasteiger partial charge in [-0.05, 0) is 31.6 Å². The molecule has 1 aromatic rings. The lowest BCUT2D eigenvalue weighted by molar-refractivity contribution is 0.139. The number of aliphatic hydroxyl groups excluding tert-OH is 1. The predicted molar refractivity (Wildman–Crippen MR) is 74.5 cm³/mol. The van der Waals surface area contributed by atoms with E-state index in [-0.39, 0.29) is 23.8 Å². The van der Waals surface area contributed by atoms with E-state index < -0.39 is 11.4 Å². The van der Waals surface area contributed by atoms with Crippen LogP contribution in [0.25, 0.3) is 0 Å². The lowest BCUT2D eigenvalue weighted by Crippen LogP contribution is -2.42. The van der Waals surface area contributed by atoms with Crippen molar-refractivity contribution in [3.63, 3.8) is 0 Å². The summed E-state index contributed by atoms with van der Waals surface area (Å²) in [6.07, 6.45) is 0.737. The largest absolute Gasteiger partial charge is 0.396 e. The lowest BCUT2D eigenvalue weighted by Gasteiger charge is -2.33. The predicted octanol–water partition coefficient (Wildman–Crippen LogP) is 2.49. The van der Waals surface area contributed by atoms with Gasteiger partial charge in [-0.15, -0.1) is 10.2 Å². The van der Waals surface area contributed by atoms with Gasteiger partial charge in [-0.1, -0.05) is 11.3 Å². The fourth-order valence-electron chi connectivity index (χ4n) is 2.43. The van der Waals surface area contributed by atoms with Gasteiger partial charge in [-0.25, -0.2) is 13.6 Å². The fraction of sp³-hybridized carbons (Fsp3) is 0.750. The van der Waals surface area contributed by atoms with E-state index in [0.717, 1.165) is 25.7 Å². The first-order valence-electron chi connectivity index (χ1n) is 6.77. The highest BCUT2D eigenvalue weighted by Crippen LogP contribution is 2.28. The monoisotopic (exact) mass is 320 g/mol. The molecule has 1 aromatic heterocycles. The molecule has 2 N–H and O–H groups in total. The Morgan fingerprint density at radius 1 is 1.43 bits per heavy atom. The minimum atomic E-state index is -2.68. The van der Waals surface area contributed by atoms with Crippen LogP contribution in [0.3, 0.4) is 0 Å². The van der Waals surface area contributed by atoms with E-state index in [0.29, 0.717) is 17.3 Å². The Labute approximate surface area is 125 Å². The number of aliphatic hydroxyl groups is 1. The average Bonchev–Trinajstić information content (AvgIpc) is 2.95. The maximum atomic E-state index is 12.4. The van der Waals surface area contributed by atoms with Crippen molar-refractivity contribution in [2.45, 2.75) is 38.2 Å². The van der Waals surface area contributed by atoms with E-state index >= 15 is 0 Å². The van der Waals surface area contributed by atoms with Gasteiger partial charge in [0.05, 0.1) is 0 Å². The summed E-state index contributed by atoms with van der Waals surface area (Å²) in [6, 6.07) is -0.283. The van der Waals surface area contributed by atoms with E-state index in [4.69, 9.17) is 5.11 Å². The number of rotatable bonds is 4. The molecule has 0 atom stereocenters. The second kappa shape index (κ2) is 7.08. The van der Waals surface area contributed by atoms with Crippen LogP contribution in [0.15, 0.2) is 0 Å². The molecule has 9 heteroatoms. The lowest BCUT2D eigenvalue weighted by atomic mass is 9.86. The summed E-state index contributed by atoms with van der Waals surface area (Å²) < 4.78 is 24.8. The molecule has 0 bridgehead atoms. The van der Waals surface area contributed by atoms with Crippen molar-refractivity contribution in [1.82, 2.24) is 15.1 Å². The summed E-state index contributed by atoms with van der Waals surface area (Å²) >= 11 is 0.673. The van der Waals surface area contributed by atoms with Crippen molar-refractivity contribution in [2.24, 2.45) is 5.92 Å². The molecule has 1 saturated carbocycles. The van der Waals surface area contributed by atoms with Gasteiger partial charge in [-0.3, -0.25) is 5.32 Å². The van der Waals surface area contributed by atoms with Crippen LogP contribution in [0.1, 0.15) is 37.1 Å². The van der Waals surface area contributed by atoms with Crippen LogP contribution in [0.5, 0.6) is 0 Å². The zero-order valence-electron chi connectivity index (χ0n) is 11.6. The summed E-state index contributed by atoms with van der Waals surface area (Å²) in [5.74, 6) is 0.314. The van der Waals surface area contributed by atoms with Crippen molar-refractivity contribution in [3.05, 3.63) is 5.01 Å². The summed E-state index contributed by atoms with van der Waals surface area (Å²) in [5.41, 5.74) is 0. The molecule has 1 heterocycles. The van der Waals surface area contributed by atoms with Gasteiger partial charge >= 0.3 is 6.03 Å². The van der Waals surface area contributed by atoms with E-state index in [1.54, 1.807) is 11.9 Å². The molecule has 0 aromatic carbocycles. The number of amides is 2. The van der Waals surface area contributed by atoms with Gasteiger partial charge in [-0.2, -0.15) is 0 Å². The van der Waals surface area contributed by atoms with Crippen LogP contribution >= 0.6 is 11.3 Å². The molecule has 21 heavy (non-hydrogen) atoms. The molecule has 0 spiro atoms. The van der Waals surface area contributed by atoms with Gasteiger partial charge in [0.2, 0.25) is 5.13 Å². The minimum absolute atomic E-state index is 0.0752. The van der Waals surface area contributed by atoms with Crippen LogP contribution < -0.4 is 5.32 Å². The highest BCUT2D eigenvalue weighted by molar-refractivity contribution is 7.15. The molecule has 0 saturated heterocycles. The number of nitrogens with one attached hydrogen (secondary N) is 1. The Balaban J connectivity index is 1.87. The molecule has 1 aliphatic rings. The van der Waals surface area contributed by atoms with Crippen LogP contribution in [-0.2, 0) is 0 Å². The quantitative estimate of drug-likeness (QED) is 0.893. The van der Waals surface area contributed by atoms with E-state index in [9.17, 15) is 13.6 Å². The molecule has 0 unspecified atom stereocenters. The Morgan fingerprint density at radius 2 is 2.10 bits per heavy atom. The number of halogens is 2. The summed E-state index contributed by atoms with van der Waals surface area (Å²) in [5, 5.41) is 18.1. The molecule has 1 aliphatic carbocycles. The molecule has 2 rings (SSSR count). The third-order valence-corrected chi connectivity index (χ3v) is 4.63. The number of hydrogen-bond acceptors (Lipinski definition) is 5. The van der Waals surface area contributed by atoms with Crippen molar-refractivity contribution in [2.75, 3.05) is 19.0 Å². The SMILES string of the molecule is CN(C(=O)Nc1nnc(C(F)F)s1)C1CCC(CO)CC1. The van der Waals surface area contributed by atoms with Crippen molar-refractivity contribution in [3.8, 4) is 0 Å². The topological polar surface area (TPSA) is 78.4 Å². The second-order valence-corrected chi connectivity index (χ2v) is 6.15. The van der Waals surface area contributed by atoms with Gasteiger partial charge in [0.1, 0.15) is 0 Å². The first-order chi connectivity index (χ1) is 10.0. The fourth-order valence-corrected chi connectivity index (χ4v) is 3.02. The first kappa shape index (κ1) is 16.0. The van der Waals surface area contributed by atoms with E-state index in [1.807, 2.05) is 0 Å². The van der Waals surface area contributed by atoms with Crippen LogP contribution in [-0.4, -0.2) is 45.9 Å². The zero-order chi connectivity index (χ0) is 15.4. The van der Waals surface area contributed by atoms with Crippen molar-refractivity contribution in [1.29, 1.82) is 0 Å². The molecule has 118 valence electrons. The number of carbonyl (C=O) groups is 1. The number of aromatic nitrogens is 2. The van der Waals surface area contributed by atoms with Gasteiger partial charge in [0, 0.05) is 19.7 Å². The molecule has 1 fully saturated rings. The summed E-state index contributed by atoms with van der Waals surface area (Å²) in [7, 11) is 1.67. The van der Waals surface area contributed by atoms with Crippen LogP contribution in [0.4, 0.5) is 18.7 Å². The molecular weight excluding hydrogens is 302 g/mol. The standard InChI is InChI=1S/C12H18F2N4O2S/c1-18(8-4-2-7(6-19)3-5-8)12(20)15-11-17-16-10(21-11)9(13)14/h7-9,19H,2-6H2,1H3,(H,15,17,20). The van der Waals surface area contributed by atoms with Crippen LogP contribution in [0, 0.1) is 5.92 Å². The van der Waals surface area contributed by atoms with Gasteiger partial charge in [0.25, 0.3) is 6.43 Å². The van der Waals surface area contributed by atoms with Gasteiger partial charge in [0.15, 0.2) is 5.01 Å². The summed E-state index contributed by atoms with van der Waals surface area (Å²) in [4.78, 5) is 13.6. The normalized spacial score (nSPS) is 22.3. The number of urea groups is 1. The number of nitrogens with zero attached hydrogens (tertiary/aromatic N) is 3. The molecular formula is C12H18F2N4O2S. The maximum Gasteiger partial charge on any atom is 0.323 e. The van der Waals surface area contributed by atoms with Crippen molar-refractivity contribution >= 4 is 22.5 Å². The van der Waals surface area contributed by atoms with E-state index in [1.165, 1.54) is 0 Å². The van der Waals surface area contributed by atoms with Crippen molar-refractivity contribution < 1.29 is 18.7 Å². The Morgan fingerprint density at radius 3 is 2.62 bits per heavy atom. The molecule has 0 aliphatic heterocycles. The average molecular weight is 320 g/mol. The number of hydrogen-bond donors (Lipinski definition) is 2. The number of anilines is 1. The number of carbonyl (C=O) groups excluding carboxylic acids is 1. The maximum absolute atomic E-state index is 12.4. The first-order valence-corrected chi connectivity index (χ1v) is 7.59. The smallest absolute Gasteiger partial charge is 0.323 e. The third kappa shape index (κ3) is 4.07. The molecule has 0 radical (unpaired) electrons. The highest BCUT2D eigenvalue weighted by atomic mass is 32.1. The Kier molecular flexibility index (Phi) is 5.40. The summed E-state index contributed by atoms with van der Waals surface area (Å²) in [6.45, 7) is 0.184. The molecule has 6 nitrogen and oxygen atoms in total. The van der Waals surface area contributed by atoms with E-state index in [2.05, 4.69) is 15.5 Å². The zero-order valence-corrected chi connectivity index (χ0v) is 12.4. The number of alkyl halides is 2. The third-order valence-electron chi connectivity index (χ3n) is 3.78. The highest BCUT2D eigenvalue weighted by Gasteiger charge is 2.27. The Hall–Kier alpha value is -1.35. The second-order valence-electron chi connectivity index (χ2n) is 5.14. The minimum Gasteiger partial charge on any atom is -0.396 e. The van der Waals surface area contributed by atoms with Gasteiger partial charge < -0.3 is 10.0 Å².